The number of sulfonamides is 1. The van der Waals surface area contributed by atoms with Crippen molar-refractivity contribution in [2.45, 2.75) is 52.5 Å². The molecule has 1 rings (SSSR count). The zero-order valence-corrected chi connectivity index (χ0v) is 11.0. The van der Waals surface area contributed by atoms with E-state index in [1.165, 1.54) is 12.7 Å². The minimum atomic E-state index is -3.04. The van der Waals surface area contributed by atoms with E-state index in [0.29, 0.717) is 5.92 Å². The highest BCUT2D eigenvalue weighted by atomic mass is 32.2. The maximum absolute atomic E-state index is 11.1. The van der Waals surface area contributed by atoms with Crippen molar-refractivity contribution in [3.63, 3.8) is 0 Å². The van der Waals surface area contributed by atoms with Gasteiger partial charge in [-0.05, 0) is 30.6 Å². The summed E-state index contributed by atoms with van der Waals surface area (Å²) in [5.41, 5.74) is 0.290. The third-order valence-corrected chi connectivity index (χ3v) is 4.04. The molecule has 0 saturated heterocycles. The van der Waals surface area contributed by atoms with Crippen LogP contribution in [0.15, 0.2) is 0 Å². The molecule has 0 aliphatic heterocycles. The van der Waals surface area contributed by atoms with Gasteiger partial charge in [0.1, 0.15) is 0 Å². The molecule has 0 aromatic carbocycles. The summed E-state index contributed by atoms with van der Waals surface area (Å²) in [6.45, 7) is 6.71. The molecule has 0 heterocycles. The summed E-state index contributed by atoms with van der Waals surface area (Å²) in [4.78, 5) is 0. The van der Waals surface area contributed by atoms with Crippen molar-refractivity contribution < 1.29 is 8.42 Å². The third kappa shape index (κ3) is 4.51. The fourth-order valence-electron chi connectivity index (χ4n) is 2.39. The summed E-state index contributed by atoms with van der Waals surface area (Å²) in [5, 5.41) is 0. The summed E-state index contributed by atoms with van der Waals surface area (Å²) in [6, 6.07) is 0.151. The van der Waals surface area contributed by atoms with Gasteiger partial charge >= 0.3 is 0 Å². The summed E-state index contributed by atoms with van der Waals surface area (Å²) >= 11 is 0. The average molecular weight is 233 g/mol. The van der Waals surface area contributed by atoms with E-state index < -0.39 is 10.0 Å². The molecular formula is C11H23NO2S. The minimum absolute atomic E-state index is 0.151. The molecule has 2 atom stereocenters. The Morgan fingerprint density at radius 3 is 2.27 bits per heavy atom. The van der Waals surface area contributed by atoms with Crippen LogP contribution in [0.5, 0.6) is 0 Å². The lowest BCUT2D eigenvalue weighted by atomic mass is 9.71. The Morgan fingerprint density at radius 2 is 1.80 bits per heavy atom. The van der Waals surface area contributed by atoms with Crippen molar-refractivity contribution in [3.05, 3.63) is 0 Å². The highest BCUT2D eigenvalue weighted by molar-refractivity contribution is 7.88. The van der Waals surface area contributed by atoms with Crippen LogP contribution in [-0.2, 0) is 10.0 Å². The summed E-state index contributed by atoms with van der Waals surface area (Å²) in [7, 11) is -3.04. The van der Waals surface area contributed by atoms with Gasteiger partial charge in [-0.2, -0.15) is 0 Å². The quantitative estimate of drug-likeness (QED) is 0.794. The molecule has 3 nitrogen and oxygen atoms in total. The van der Waals surface area contributed by atoms with Gasteiger partial charge in [-0.15, -0.1) is 0 Å². The molecule has 1 aliphatic carbocycles. The van der Waals surface area contributed by atoms with Crippen LogP contribution in [0.2, 0.25) is 0 Å². The Balaban J connectivity index is 2.57. The van der Waals surface area contributed by atoms with E-state index in [1.807, 2.05) is 0 Å². The number of nitrogens with one attached hydrogen (secondary N) is 1. The van der Waals surface area contributed by atoms with Crippen molar-refractivity contribution in [1.29, 1.82) is 0 Å². The second kappa shape index (κ2) is 4.42. The molecular weight excluding hydrogens is 210 g/mol. The molecule has 1 fully saturated rings. The Morgan fingerprint density at radius 1 is 1.20 bits per heavy atom. The molecule has 1 N–H and O–H groups in total. The van der Waals surface area contributed by atoms with Gasteiger partial charge in [0.05, 0.1) is 6.26 Å². The Kier molecular flexibility index (Phi) is 3.82. The van der Waals surface area contributed by atoms with Gasteiger partial charge in [-0.3, -0.25) is 0 Å². The summed E-state index contributed by atoms with van der Waals surface area (Å²) < 4.78 is 25.0. The fraction of sp³-hybridized carbons (Fsp3) is 1.00. The van der Waals surface area contributed by atoms with E-state index in [9.17, 15) is 8.42 Å². The largest absolute Gasteiger partial charge is 0.213 e. The molecule has 1 saturated carbocycles. The Hall–Kier alpha value is -0.0900. The van der Waals surface area contributed by atoms with Gasteiger partial charge in [0, 0.05) is 6.04 Å². The van der Waals surface area contributed by atoms with Crippen LogP contribution in [-0.4, -0.2) is 20.7 Å². The van der Waals surface area contributed by atoms with Crippen LogP contribution < -0.4 is 4.72 Å². The van der Waals surface area contributed by atoms with Gasteiger partial charge in [-0.25, -0.2) is 13.1 Å². The van der Waals surface area contributed by atoms with E-state index in [1.54, 1.807) is 0 Å². The lowest BCUT2D eigenvalue weighted by Crippen LogP contribution is -2.40. The van der Waals surface area contributed by atoms with Crippen molar-refractivity contribution in [2.75, 3.05) is 6.26 Å². The van der Waals surface area contributed by atoms with Crippen LogP contribution >= 0.6 is 0 Å². The number of rotatable bonds is 2. The average Bonchev–Trinajstić information content (AvgIpc) is 1.99. The van der Waals surface area contributed by atoms with Crippen molar-refractivity contribution in [3.8, 4) is 0 Å². The first-order chi connectivity index (χ1) is 6.68. The molecule has 4 heteroatoms. The molecule has 0 amide bonds. The van der Waals surface area contributed by atoms with Crippen molar-refractivity contribution >= 4 is 10.0 Å². The Bertz CT molecular complexity index is 303. The predicted molar refractivity (Wildman–Crippen MR) is 63.2 cm³/mol. The molecule has 15 heavy (non-hydrogen) atoms. The molecule has 0 aromatic heterocycles. The Labute approximate surface area is 93.7 Å². The van der Waals surface area contributed by atoms with Crippen LogP contribution in [0.25, 0.3) is 0 Å². The van der Waals surface area contributed by atoms with E-state index in [4.69, 9.17) is 0 Å². The molecule has 0 spiro atoms. The van der Waals surface area contributed by atoms with E-state index in [0.717, 1.165) is 19.3 Å². The van der Waals surface area contributed by atoms with E-state index >= 15 is 0 Å². The van der Waals surface area contributed by atoms with E-state index in [2.05, 4.69) is 25.5 Å². The first kappa shape index (κ1) is 13.0. The normalized spacial score (nSPS) is 29.1. The second-order valence-corrected chi connectivity index (χ2v) is 7.60. The summed E-state index contributed by atoms with van der Waals surface area (Å²) in [5.74, 6) is 0.630. The van der Waals surface area contributed by atoms with E-state index in [-0.39, 0.29) is 11.5 Å². The molecule has 0 bridgehead atoms. The highest BCUT2D eigenvalue weighted by Crippen LogP contribution is 2.37. The minimum Gasteiger partial charge on any atom is -0.213 e. The first-order valence-electron chi connectivity index (χ1n) is 5.66. The topological polar surface area (TPSA) is 46.2 Å². The zero-order chi connectivity index (χ0) is 11.7. The molecule has 0 radical (unpaired) electrons. The fourth-order valence-corrected chi connectivity index (χ4v) is 3.21. The van der Waals surface area contributed by atoms with Crippen LogP contribution in [0.1, 0.15) is 46.5 Å². The molecule has 90 valence electrons. The zero-order valence-electron chi connectivity index (χ0n) is 10.2. The monoisotopic (exact) mass is 233 g/mol. The first-order valence-corrected chi connectivity index (χ1v) is 7.55. The maximum Gasteiger partial charge on any atom is 0.208 e. The van der Waals surface area contributed by atoms with Crippen molar-refractivity contribution in [2.24, 2.45) is 11.3 Å². The second-order valence-electron chi connectivity index (χ2n) is 5.82. The van der Waals surface area contributed by atoms with Gasteiger partial charge < -0.3 is 0 Å². The SMILES string of the molecule is CC(C)(C)C1CCC[C@@H](NS(C)(=O)=O)C1. The van der Waals surface area contributed by atoms with Crippen LogP contribution in [0.3, 0.4) is 0 Å². The summed E-state index contributed by atoms with van der Waals surface area (Å²) in [6.07, 6.45) is 5.57. The van der Waals surface area contributed by atoms with Crippen LogP contribution in [0.4, 0.5) is 0 Å². The standard InChI is InChI=1S/C11H23NO2S/c1-11(2,3)9-6-5-7-10(8-9)12-15(4,13)14/h9-10,12H,5-8H2,1-4H3/t9?,10-/m1/s1. The smallest absolute Gasteiger partial charge is 0.208 e. The van der Waals surface area contributed by atoms with Gasteiger partial charge in [-0.1, -0.05) is 27.2 Å². The lowest BCUT2D eigenvalue weighted by molar-refractivity contribution is 0.162. The molecule has 1 unspecified atom stereocenters. The van der Waals surface area contributed by atoms with Gasteiger partial charge in [0.25, 0.3) is 0 Å². The lowest BCUT2D eigenvalue weighted by Gasteiger charge is -2.37. The molecule has 0 aromatic rings. The van der Waals surface area contributed by atoms with Gasteiger partial charge in [0.15, 0.2) is 0 Å². The third-order valence-electron chi connectivity index (χ3n) is 3.28. The highest BCUT2D eigenvalue weighted by Gasteiger charge is 2.31. The maximum atomic E-state index is 11.1. The van der Waals surface area contributed by atoms with Crippen molar-refractivity contribution in [1.82, 2.24) is 4.72 Å². The number of hydrogen-bond acceptors (Lipinski definition) is 2. The predicted octanol–water partition coefficient (Wildman–Crippen LogP) is 2.14. The van der Waals surface area contributed by atoms with Crippen LogP contribution in [0, 0.1) is 11.3 Å². The van der Waals surface area contributed by atoms with Gasteiger partial charge in [0.2, 0.25) is 10.0 Å². The molecule has 1 aliphatic rings. The number of hydrogen-bond donors (Lipinski definition) is 1.